The number of aromatic nitrogens is 2. The monoisotopic (exact) mass is 301 g/mol. The molecule has 22 heavy (non-hydrogen) atoms. The average molecular weight is 301 g/mol. The van der Waals surface area contributed by atoms with Crippen LogP contribution in [0.2, 0.25) is 0 Å². The fraction of sp³-hybridized carbons (Fsp3) is 0.312. The van der Waals surface area contributed by atoms with E-state index >= 15 is 0 Å². The third-order valence-corrected chi connectivity index (χ3v) is 3.43. The Balaban J connectivity index is 2.10. The van der Waals surface area contributed by atoms with Crippen molar-refractivity contribution in [2.75, 3.05) is 13.1 Å². The molecule has 0 saturated heterocycles. The first-order chi connectivity index (χ1) is 10.6. The van der Waals surface area contributed by atoms with Gasteiger partial charge in [0.25, 0.3) is 0 Å². The number of carbonyl (C=O) groups excluding carboxylic acids is 2. The maximum atomic E-state index is 11.9. The van der Waals surface area contributed by atoms with Crippen molar-refractivity contribution in [3.8, 4) is 5.69 Å². The van der Waals surface area contributed by atoms with Crippen molar-refractivity contribution in [2.24, 2.45) is 5.73 Å². The van der Waals surface area contributed by atoms with Crippen LogP contribution in [0, 0.1) is 0 Å². The van der Waals surface area contributed by atoms with Gasteiger partial charge in [-0.05, 0) is 12.1 Å². The van der Waals surface area contributed by atoms with Crippen LogP contribution in [0.5, 0.6) is 0 Å². The second-order valence-corrected chi connectivity index (χ2v) is 4.99. The smallest absolute Gasteiger partial charge is 0.246 e. The van der Waals surface area contributed by atoms with Crippen LogP contribution in [0.4, 0.5) is 0 Å². The fourth-order valence-corrected chi connectivity index (χ4v) is 2.32. The van der Waals surface area contributed by atoms with E-state index in [1.54, 1.807) is 0 Å². The zero-order chi connectivity index (χ0) is 15.9. The number of para-hydroxylation sites is 1. The molecule has 2 amide bonds. The van der Waals surface area contributed by atoms with Crippen molar-refractivity contribution in [3.63, 3.8) is 0 Å². The summed E-state index contributed by atoms with van der Waals surface area (Å²) in [5.74, 6) is -0.475. The Morgan fingerprint density at radius 1 is 1.27 bits per heavy atom. The summed E-state index contributed by atoms with van der Waals surface area (Å²) in [7, 11) is 0. The minimum Gasteiger partial charge on any atom is -0.330 e. The summed E-state index contributed by atoms with van der Waals surface area (Å²) in [6.45, 7) is 1.99. The van der Waals surface area contributed by atoms with Crippen LogP contribution in [0.15, 0.2) is 42.9 Å². The molecule has 6 heteroatoms. The molecule has 0 fully saturated rings. The molecule has 0 radical (unpaired) electrons. The average Bonchev–Trinajstić information content (AvgIpc) is 2.97. The van der Waals surface area contributed by atoms with E-state index in [-0.39, 0.29) is 24.8 Å². The van der Waals surface area contributed by atoms with Gasteiger partial charge < -0.3 is 5.73 Å². The van der Waals surface area contributed by atoms with Crippen molar-refractivity contribution in [1.29, 1.82) is 0 Å². The van der Waals surface area contributed by atoms with E-state index < -0.39 is 0 Å². The molecule has 0 aliphatic heterocycles. The van der Waals surface area contributed by atoms with Crippen molar-refractivity contribution < 1.29 is 14.2 Å². The third-order valence-electron chi connectivity index (χ3n) is 3.43. The van der Waals surface area contributed by atoms with Crippen LogP contribution in [0.1, 0.15) is 19.0 Å². The van der Waals surface area contributed by atoms with Gasteiger partial charge in [0.2, 0.25) is 18.1 Å². The zero-order valence-corrected chi connectivity index (χ0v) is 12.7. The Kier molecular flexibility index (Phi) is 5.43. The molecule has 2 rings (SSSR count). The molecular weight excluding hydrogens is 280 g/mol. The molecule has 2 aromatic rings. The first-order valence-corrected chi connectivity index (χ1v) is 7.27. The maximum absolute atomic E-state index is 11.9. The Hall–Kier alpha value is -2.47. The first kappa shape index (κ1) is 15.9. The number of nitrogens with two attached hydrogens (primary N) is 1. The summed E-state index contributed by atoms with van der Waals surface area (Å²) in [6.07, 6.45) is 4.49. The molecule has 0 unspecified atom stereocenters. The second-order valence-electron chi connectivity index (χ2n) is 4.99. The number of nitrogens with one attached hydrogen (secondary N) is 1. The van der Waals surface area contributed by atoms with E-state index in [0.29, 0.717) is 13.0 Å². The highest BCUT2D eigenvalue weighted by Gasteiger charge is 2.19. The van der Waals surface area contributed by atoms with E-state index in [0.717, 1.165) is 11.4 Å². The van der Waals surface area contributed by atoms with E-state index in [1.165, 1.54) is 11.8 Å². The molecular formula is C16H21N4O2+. The number of H-pyrrole nitrogens is 1. The number of benzene rings is 1. The van der Waals surface area contributed by atoms with Crippen molar-refractivity contribution in [1.82, 2.24) is 9.88 Å². The van der Waals surface area contributed by atoms with Gasteiger partial charge >= 0.3 is 0 Å². The van der Waals surface area contributed by atoms with Gasteiger partial charge in [0.05, 0.1) is 0 Å². The van der Waals surface area contributed by atoms with E-state index in [9.17, 15) is 9.59 Å². The topological polar surface area (TPSA) is 83.1 Å². The normalized spacial score (nSPS) is 10.5. The maximum Gasteiger partial charge on any atom is 0.246 e. The number of amides is 2. The molecule has 116 valence electrons. The van der Waals surface area contributed by atoms with Crippen LogP contribution in [0.3, 0.4) is 0 Å². The predicted octanol–water partition coefficient (Wildman–Crippen LogP) is 0.558. The van der Waals surface area contributed by atoms with Crippen LogP contribution in [-0.4, -0.2) is 34.8 Å². The molecule has 0 spiro atoms. The molecule has 3 N–H and O–H groups in total. The summed E-state index contributed by atoms with van der Waals surface area (Å²) >= 11 is 0. The largest absolute Gasteiger partial charge is 0.330 e. The van der Waals surface area contributed by atoms with Gasteiger partial charge in [0.1, 0.15) is 17.6 Å². The van der Waals surface area contributed by atoms with Gasteiger partial charge in [0.15, 0.2) is 0 Å². The number of imide groups is 1. The summed E-state index contributed by atoms with van der Waals surface area (Å²) in [5.41, 5.74) is 7.42. The summed E-state index contributed by atoms with van der Waals surface area (Å²) < 4.78 is 2.01. The molecule has 0 bridgehead atoms. The molecule has 0 saturated carbocycles. The number of hydrogen-bond acceptors (Lipinski definition) is 3. The molecule has 1 heterocycles. The van der Waals surface area contributed by atoms with Gasteiger partial charge in [-0.15, -0.1) is 0 Å². The predicted molar refractivity (Wildman–Crippen MR) is 82.1 cm³/mol. The van der Waals surface area contributed by atoms with Crippen LogP contribution in [-0.2, 0) is 16.0 Å². The lowest BCUT2D eigenvalue weighted by molar-refractivity contribution is -0.602. The van der Waals surface area contributed by atoms with Gasteiger partial charge in [0, 0.05) is 32.9 Å². The van der Waals surface area contributed by atoms with Crippen LogP contribution < -0.4 is 10.3 Å². The molecule has 0 aliphatic rings. The van der Waals surface area contributed by atoms with Gasteiger partial charge in [-0.1, -0.05) is 18.2 Å². The van der Waals surface area contributed by atoms with E-state index in [4.69, 9.17) is 5.73 Å². The highest BCUT2D eigenvalue weighted by molar-refractivity contribution is 5.94. The van der Waals surface area contributed by atoms with E-state index in [1.807, 2.05) is 47.4 Å². The van der Waals surface area contributed by atoms with Gasteiger partial charge in [-0.25, -0.2) is 4.98 Å². The Morgan fingerprint density at radius 2 is 2.00 bits per heavy atom. The van der Waals surface area contributed by atoms with Gasteiger partial charge in [-0.3, -0.25) is 14.5 Å². The number of nitrogens with zero attached hydrogens (tertiary/aromatic N) is 2. The minimum atomic E-state index is -0.250. The second kappa shape index (κ2) is 7.51. The molecule has 0 atom stereocenters. The number of rotatable bonds is 6. The quantitative estimate of drug-likeness (QED) is 0.765. The van der Waals surface area contributed by atoms with Crippen molar-refractivity contribution >= 4 is 11.8 Å². The molecule has 0 aliphatic carbocycles. The molecule has 1 aromatic carbocycles. The third kappa shape index (κ3) is 3.79. The van der Waals surface area contributed by atoms with Crippen LogP contribution in [0.25, 0.3) is 5.69 Å². The summed E-state index contributed by atoms with van der Waals surface area (Å²) in [4.78, 5) is 27.9. The molecule has 6 nitrogen and oxygen atoms in total. The Morgan fingerprint density at radius 3 is 2.64 bits per heavy atom. The van der Waals surface area contributed by atoms with E-state index in [2.05, 4.69) is 4.98 Å². The Labute approximate surface area is 129 Å². The summed E-state index contributed by atoms with van der Waals surface area (Å²) in [5, 5.41) is 0. The number of carbonyl (C=O) groups is 2. The Bertz CT molecular complexity index is 637. The minimum absolute atomic E-state index is 0.186. The van der Waals surface area contributed by atoms with Crippen LogP contribution >= 0.6 is 0 Å². The standard InChI is InChI=1S/C16H20N4O2/c1-13(21)19(16(22)7-9-17)10-8-15-11-18-12-20(15)14-5-3-2-4-6-14/h2-6,11-12H,7-10,17H2,1H3/p+1. The SMILES string of the molecule is CC(=O)N(CCc1c[nH]c[n+]1-c1ccccc1)C(=O)CCN. The van der Waals surface area contributed by atoms with Crippen molar-refractivity contribution in [2.45, 2.75) is 19.8 Å². The van der Waals surface area contributed by atoms with Gasteiger partial charge in [-0.2, -0.15) is 4.57 Å². The lowest BCUT2D eigenvalue weighted by Gasteiger charge is -2.18. The molecule has 1 aromatic heterocycles. The number of hydrogen-bond donors (Lipinski definition) is 2. The number of imidazole rings is 1. The zero-order valence-electron chi connectivity index (χ0n) is 12.7. The summed E-state index contributed by atoms with van der Waals surface area (Å²) in [6, 6.07) is 9.89. The highest BCUT2D eigenvalue weighted by atomic mass is 16.2. The highest BCUT2D eigenvalue weighted by Crippen LogP contribution is 2.04. The number of aromatic amines is 1. The lowest BCUT2D eigenvalue weighted by Crippen LogP contribution is -2.40. The fourth-order valence-electron chi connectivity index (χ4n) is 2.32. The first-order valence-electron chi connectivity index (χ1n) is 7.27. The lowest BCUT2D eigenvalue weighted by atomic mass is 10.2. The van der Waals surface area contributed by atoms with Crippen molar-refractivity contribution in [3.05, 3.63) is 48.5 Å².